The van der Waals surface area contributed by atoms with Crippen molar-refractivity contribution in [3.63, 3.8) is 0 Å². The summed E-state index contributed by atoms with van der Waals surface area (Å²) in [6, 6.07) is 3.11. The third kappa shape index (κ3) is 2.88. The van der Waals surface area contributed by atoms with E-state index in [4.69, 9.17) is 9.52 Å². The quantitative estimate of drug-likeness (QED) is 0.775. The van der Waals surface area contributed by atoms with Gasteiger partial charge in [0.05, 0.1) is 6.10 Å². The number of hydrogen-bond acceptors (Lipinski definition) is 4. The number of nitrogens with one attached hydrogen (secondary N) is 1. The van der Waals surface area contributed by atoms with Gasteiger partial charge in [-0.1, -0.05) is 0 Å². The zero-order chi connectivity index (χ0) is 12.4. The van der Waals surface area contributed by atoms with E-state index < -0.39 is 6.10 Å². The Hall–Kier alpha value is -0.850. The summed E-state index contributed by atoms with van der Waals surface area (Å²) in [7, 11) is 0. The third-order valence-corrected chi connectivity index (χ3v) is 3.45. The highest BCUT2D eigenvalue weighted by Gasteiger charge is 2.33. The van der Waals surface area contributed by atoms with Crippen LogP contribution in [0.5, 0.6) is 0 Å². The number of aliphatic hydroxyl groups excluding tert-OH is 2. The molecule has 1 aromatic heterocycles. The molecular weight excluding hydrogens is 290 g/mol. The molecule has 1 aromatic rings. The lowest BCUT2D eigenvalue weighted by atomic mass is 10.1. The largest absolute Gasteiger partial charge is 0.444 e. The Labute approximate surface area is 107 Å². The van der Waals surface area contributed by atoms with Crippen LogP contribution in [-0.4, -0.2) is 34.9 Å². The van der Waals surface area contributed by atoms with Crippen LogP contribution >= 0.6 is 15.9 Å². The molecule has 3 unspecified atom stereocenters. The minimum absolute atomic E-state index is 0.0557. The van der Waals surface area contributed by atoms with Gasteiger partial charge < -0.3 is 19.9 Å². The van der Waals surface area contributed by atoms with Crippen LogP contribution in [0.1, 0.15) is 23.4 Å². The van der Waals surface area contributed by atoms with Crippen molar-refractivity contribution in [3.05, 3.63) is 22.6 Å². The van der Waals surface area contributed by atoms with E-state index in [1.807, 2.05) is 0 Å². The molecule has 1 fully saturated rings. The van der Waals surface area contributed by atoms with Crippen LogP contribution in [0.3, 0.4) is 0 Å². The van der Waals surface area contributed by atoms with Crippen LogP contribution in [0, 0.1) is 5.92 Å². The maximum Gasteiger partial charge on any atom is 0.287 e. The molecule has 6 heteroatoms. The number of furan rings is 1. The molecule has 0 aromatic carbocycles. The molecule has 1 aliphatic rings. The summed E-state index contributed by atoms with van der Waals surface area (Å²) in [5, 5.41) is 21.4. The minimum Gasteiger partial charge on any atom is -0.444 e. The predicted octanol–water partition coefficient (Wildman–Crippen LogP) is 0.904. The fourth-order valence-electron chi connectivity index (χ4n) is 2.11. The third-order valence-electron chi connectivity index (χ3n) is 3.02. The number of carbonyl (C=O) groups is 1. The van der Waals surface area contributed by atoms with E-state index in [-0.39, 0.29) is 30.2 Å². The van der Waals surface area contributed by atoms with Crippen molar-refractivity contribution in [1.29, 1.82) is 0 Å². The summed E-state index contributed by atoms with van der Waals surface area (Å²) in [4.78, 5) is 11.7. The maximum absolute atomic E-state index is 11.7. The number of carbonyl (C=O) groups excluding carboxylic acids is 1. The zero-order valence-corrected chi connectivity index (χ0v) is 10.7. The Kier molecular flexibility index (Phi) is 3.86. The standard InChI is InChI=1S/C11H14BrNO4/c12-10-2-1-9(17-10)11(16)13-7-3-6(5-14)8(15)4-7/h1-2,6-8,14-15H,3-5H2,(H,13,16). The van der Waals surface area contributed by atoms with E-state index in [0.717, 1.165) is 0 Å². The van der Waals surface area contributed by atoms with Crippen LogP contribution in [0.4, 0.5) is 0 Å². The molecule has 0 aliphatic heterocycles. The second kappa shape index (κ2) is 5.20. The first-order chi connectivity index (χ1) is 8.10. The normalized spacial score (nSPS) is 28.3. The fraction of sp³-hybridized carbons (Fsp3) is 0.545. The molecule has 3 N–H and O–H groups in total. The van der Waals surface area contributed by atoms with E-state index in [0.29, 0.717) is 17.5 Å². The Balaban J connectivity index is 1.92. The molecule has 17 heavy (non-hydrogen) atoms. The van der Waals surface area contributed by atoms with Gasteiger partial charge in [-0.15, -0.1) is 0 Å². The topological polar surface area (TPSA) is 82.7 Å². The average molecular weight is 304 g/mol. The molecule has 0 radical (unpaired) electrons. The molecule has 3 atom stereocenters. The molecule has 5 nitrogen and oxygen atoms in total. The highest BCUT2D eigenvalue weighted by atomic mass is 79.9. The van der Waals surface area contributed by atoms with Crippen LogP contribution in [0.15, 0.2) is 21.2 Å². The molecule has 94 valence electrons. The predicted molar refractivity (Wildman–Crippen MR) is 63.5 cm³/mol. The van der Waals surface area contributed by atoms with Crippen LogP contribution < -0.4 is 5.32 Å². The molecule has 1 amide bonds. The minimum atomic E-state index is -0.548. The molecule has 1 saturated carbocycles. The van der Waals surface area contributed by atoms with Crippen molar-refractivity contribution < 1.29 is 19.4 Å². The SMILES string of the molecule is O=C(NC1CC(O)C(CO)C1)c1ccc(Br)o1. The van der Waals surface area contributed by atoms with Gasteiger partial charge in [0, 0.05) is 18.6 Å². The first kappa shape index (κ1) is 12.6. The Morgan fingerprint density at radius 3 is 2.82 bits per heavy atom. The van der Waals surface area contributed by atoms with Crippen LogP contribution in [-0.2, 0) is 0 Å². The molecule has 0 bridgehead atoms. The van der Waals surface area contributed by atoms with Crippen LogP contribution in [0.25, 0.3) is 0 Å². The Morgan fingerprint density at radius 2 is 2.29 bits per heavy atom. The summed E-state index contributed by atoms with van der Waals surface area (Å²) < 4.78 is 5.63. The molecule has 2 rings (SSSR count). The van der Waals surface area contributed by atoms with Gasteiger partial charge in [0.25, 0.3) is 5.91 Å². The lowest BCUT2D eigenvalue weighted by Gasteiger charge is -2.10. The fourth-order valence-corrected chi connectivity index (χ4v) is 2.42. The highest BCUT2D eigenvalue weighted by Crippen LogP contribution is 2.26. The average Bonchev–Trinajstić information content (AvgIpc) is 2.85. The first-order valence-corrected chi connectivity index (χ1v) is 6.24. The van der Waals surface area contributed by atoms with Crippen molar-refractivity contribution in [2.24, 2.45) is 5.92 Å². The Morgan fingerprint density at radius 1 is 1.53 bits per heavy atom. The van der Waals surface area contributed by atoms with Crippen LogP contribution in [0.2, 0.25) is 0 Å². The first-order valence-electron chi connectivity index (χ1n) is 5.45. The zero-order valence-electron chi connectivity index (χ0n) is 9.10. The van der Waals surface area contributed by atoms with Crippen molar-refractivity contribution in [2.75, 3.05) is 6.61 Å². The van der Waals surface area contributed by atoms with Gasteiger partial charge in [0.2, 0.25) is 0 Å². The van der Waals surface area contributed by atoms with Crippen molar-refractivity contribution in [2.45, 2.75) is 25.0 Å². The van der Waals surface area contributed by atoms with Crippen molar-refractivity contribution in [1.82, 2.24) is 5.32 Å². The van der Waals surface area contributed by atoms with Gasteiger partial charge in [-0.2, -0.15) is 0 Å². The lowest BCUT2D eigenvalue weighted by Crippen LogP contribution is -2.33. The highest BCUT2D eigenvalue weighted by molar-refractivity contribution is 9.10. The summed E-state index contributed by atoms with van der Waals surface area (Å²) >= 11 is 3.12. The van der Waals surface area contributed by atoms with E-state index >= 15 is 0 Å². The monoisotopic (exact) mass is 303 g/mol. The number of rotatable bonds is 3. The molecular formula is C11H14BrNO4. The number of amides is 1. The Bertz CT molecular complexity index is 406. The van der Waals surface area contributed by atoms with Gasteiger partial charge in [0.15, 0.2) is 10.4 Å². The van der Waals surface area contributed by atoms with Gasteiger partial charge in [0.1, 0.15) is 0 Å². The van der Waals surface area contributed by atoms with Gasteiger partial charge in [-0.25, -0.2) is 0 Å². The van der Waals surface area contributed by atoms with E-state index in [2.05, 4.69) is 21.2 Å². The second-order valence-corrected chi connectivity index (χ2v) is 5.04. The summed E-state index contributed by atoms with van der Waals surface area (Å²) in [6.07, 6.45) is 0.512. The number of hydrogen-bond donors (Lipinski definition) is 3. The maximum atomic E-state index is 11.7. The summed E-state index contributed by atoms with van der Waals surface area (Å²) in [6.45, 7) is -0.0557. The summed E-state index contributed by atoms with van der Waals surface area (Å²) in [5.41, 5.74) is 0. The van der Waals surface area contributed by atoms with Crippen molar-refractivity contribution in [3.8, 4) is 0 Å². The molecule has 0 saturated heterocycles. The van der Waals surface area contributed by atoms with Crippen molar-refractivity contribution >= 4 is 21.8 Å². The molecule has 0 spiro atoms. The summed E-state index contributed by atoms with van der Waals surface area (Å²) in [5.74, 6) is -0.214. The molecule has 1 heterocycles. The number of halogens is 1. The van der Waals surface area contributed by atoms with E-state index in [1.165, 1.54) is 0 Å². The van der Waals surface area contributed by atoms with Gasteiger partial charge in [-0.05, 0) is 40.9 Å². The molecule has 1 aliphatic carbocycles. The van der Waals surface area contributed by atoms with Gasteiger partial charge in [-0.3, -0.25) is 4.79 Å². The lowest BCUT2D eigenvalue weighted by molar-refractivity contribution is 0.0894. The van der Waals surface area contributed by atoms with E-state index in [1.54, 1.807) is 12.1 Å². The smallest absolute Gasteiger partial charge is 0.287 e. The van der Waals surface area contributed by atoms with Gasteiger partial charge >= 0.3 is 0 Å². The number of aliphatic hydroxyl groups is 2. The van der Waals surface area contributed by atoms with E-state index in [9.17, 15) is 9.90 Å². The second-order valence-electron chi connectivity index (χ2n) is 4.26.